The molecule has 0 amide bonds. The van der Waals surface area contributed by atoms with Crippen LogP contribution < -0.4 is 10.9 Å². The molecule has 3 aromatic rings. The maximum Gasteiger partial charge on any atom is 0.342 e. The highest BCUT2D eigenvalue weighted by Crippen LogP contribution is 2.31. The zero-order chi connectivity index (χ0) is 21.1. The zero-order valence-corrected chi connectivity index (χ0v) is 17.4. The van der Waals surface area contributed by atoms with Gasteiger partial charge in [-0.1, -0.05) is 52.8 Å². The number of nitrogens with zero attached hydrogens (tertiary/aromatic N) is 1. The molecule has 7 heteroatoms. The van der Waals surface area contributed by atoms with Crippen LogP contribution in [0.15, 0.2) is 70.4 Å². The first-order valence-corrected chi connectivity index (χ1v) is 9.42. The van der Waals surface area contributed by atoms with E-state index in [9.17, 15) is 14.0 Å². The summed E-state index contributed by atoms with van der Waals surface area (Å²) in [5, 5.41) is 2.86. The van der Waals surface area contributed by atoms with Gasteiger partial charge in [0.25, 0.3) is 5.56 Å². The van der Waals surface area contributed by atoms with Crippen molar-refractivity contribution in [2.75, 3.05) is 12.4 Å². The van der Waals surface area contributed by atoms with Gasteiger partial charge in [-0.2, -0.15) is 0 Å². The lowest BCUT2D eigenvalue weighted by atomic mass is 9.95. The molecular formula is C22H18BrFN2O3. The summed E-state index contributed by atoms with van der Waals surface area (Å²) in [4.78, 5) is 25.3. The second-order valence-corrected chi connectivity index (χ2v) is 7.18. The Labute approximate surface area is 175 Å². The summed E-state index contributed by atoms with van der Waals surface area (Å²) in [5.74, 6) is -1.11. The minimum atomic E-state index is -0.673. The number of ether oxygens (including phenoxy) is 1. The van der Waals surface area contributed by atoms with Gasteiger partial charge in [0, 0.05) is 23.2 Å². The van der Waals surface area contributed by atoms with Crippen molar-refractivity contribution in [3.8, 4) is 0 Å². The third kappa shape index (κ3) is 4.14. The average Bonchev–Trinajstić information content (AvgIpc) is 2.72. The van der Waals surface area contributed by atoms with Crippen molar-refractivity contribution in [3.63, 3.8) is 0 Å². The molecule has 0 atom stereocenters. The Hall–Kier alpha value is -3.19. The molecule has 1 N–H and O–H groups in total. The Morgan fingerprint density at radius 2 is 1.86 bits per heavy atom. The quantitative estimate of drug-likeness (QED) is 0.555. The second-order valence-electron chi connectivity index (χ2n) is 6.26. The number of methoxy groups -OCH3 is 1. The van der Waals surface area contributed by atoms with Crippen LogP contribution in [0.25, 0.3) is 5.57 Å². The van der Waals surface area contributed by atoms with E-state index in [2.05, 4.69) is 27.8 Å². The van der Waals surface area contributed by atoms with E-state index in [0.717, 1.165) is 5.56 Å². The van der Waals surface area contributed by atoms with Crippen molar-refractivity contribution < 1.29 is 13.9 Å². The standard InChI is InChI=1S/C22H18BrFN2O3/c1-13(14-7-5-4-6-8-14)16-12-19(27)26(2)21(20(16)22(28)29-3)25-18-10-9-15(23)11-17(18)24/h4-12,25H,1H2,2-3H3. The molecule has 3 rings (SSSR count). The van der Waals surface area contributed by atoms with Crippen molar-refractivity contribution in [2.24, 2.45) is 7.05 Å². The van der Waals surface area contributed by atoms with E-state index in [1.54, 1.807) is 6.07 Å². The number of carbonyl (C=O) groups excluding carboxylic acids is 1. The lowest BCUT2D eigenvalue weighted by Crippen LogP contribution is -2.24. The summed E-state index contributed by atoms with van der Waals surface area (Å²) in [7, 11) is 2.73. The van der Waals surface area contributed by atoms with E-state index >= 15 is 0 Å². The van der Waals surface area contributed by atoms with E-state index in [-0.39, 0.29) is 22.6 Å². The van der Waals surface area contributed by atoms with Crippen LogP contribution in [0, 0.1) is 5.82 Å². The van der Waals surface area contributed by atoms with Gasteiger partial charge in [0.05, 0.1) is 12.8 Å². The highest BCUT2D eigenvalue weighted by molar-refractivity contribution is 9.10. The number of carbonyl (C=O) groups is 1. The molecule has 0 unspecified atom stereocenters. The maximum absolute atomic E-state index is 14.4. The first kappa shape index (κ1) is 20.5. The number of rotatable bonds is 5. The molecule has 0 radical (unpaired) electrons. The van der Waals surface area contributed by atoms with Gasteiger partial charge in [-0.05, 0) is 29.3 Å². The summed E-state index contributed by atoms with van der Waals surface area (Å²) in [6.45, 7) is 4.06. The van der Waals surface area contributed by atoms with Gasteiger partial charge in [-0.25, -0.2) is 9.18 Å². The van der Waals surface area contributed by atoms with Gasteiger partial charge < -0.3 is 10.1 Å². The average molecular weight is 457 g/mol. The van der Waals surface area contributed by atoms with Crippen molar-refractivity contribution >= 4 is 39.0 Å². The fourth-order valence-electron chi connectivity index (χ4n) is 2.90. The van der Waals surface area contributed by atoms with Gasteiger partial charge in [-0.3, -0.25) is 9.36 Å². The molecule has 29 heavy (non-hydrogen) atoms. The molecule has 1 heterocycles. The van der Waals surface area contributed by atoms with Gasteiger partial charge in [0.2, 0.25) is 0 Å². The molecule has 1 aromatic heterocycles. The lowest BCUT2D eigenvalue weighted by Gasteiger charge is -2.19. The van der Waals surface area contributed by atoms with Crippen LogP contribution in [-0.4, -0.2) is 17.6 Å². The summed E-state index contributed by atoms with van der Waals surface area (Å²) in [5.41, 5.74) is 1.34. The van der Waals surface area contributed by atoms with E-state index < -0.39 is 11.8 Å². The fraction of sp³-hybridized carbons (Fsp3) is 0.0909. The number of esters is 1. The van der Waals surface area contributed by atoms with E-state index in [1.807, 2.05) is 30.3 Å². The van der Waals surface area contributed by atoms with Crippen molar-refractivity contribution in [1.82, 2.24) is 4.57 Å². The maximum atomic E-state index is 14.4. The summed E-state index contributed by atoms with van der Waals surface area (Å²) < 4.78 is 21.1. The van der Waals surface area contributed by atoms with Crippen LogP contribution in [0.5, 0.6) is 0 Å². The summed E-state index contributed by atoms with van der Waals surface area (Å²) >= 11 is 3.20. The Balaban J connectivity index is 2.24. The van der Waals surface area contributed by atoms with Gasteiger partial charge in [0.15, 0.2) is 0 Å². The molecule has 0 saturated heterocycles. The minimum Gasteiger partial charge on any atom is -0.465 e. The monoisotopic (exact) mass is 456 g/mol. The van der Waals surface area contributed by atoms with Crippen LogP contribution in [0.4, 0.5) is 15.9 Å². The van der Waals surface area contributed by atoms with Crippen molar-refractivity contribution in [1.29, 1.82) is 0 Å². The highest BCUT2D eigenvalue weighted by Gasteiger charge is 2.24. The molecule has 2 aromatic carbocycles. The Bertz CT molecular complexity index is 1160. The number of benzene rings is 2. The van der Waals surface area contributed by atoms with Crippen molar-refractivity contribution in [3.05, 3.63) is 98.5 Å². The predicted molar refractivity (Wildman–Crippen MR) is 115 cm³/mol. The highest BCUT2D eigenvalue weighted by atomic mass is 79.9. The first-order valence-electron chi connectivity index (χ1n) is 8.62. The van der Waals surface area contributed by atoms with Crippen LogP contribution in [0.1, 0.15) is 21.5 Å². The molecule has 0 fully saturated rings. The largest absolute Gasteiger partial charge is 0.465 e. The third-order valence-corrected chi connectivity index (χ3v) is 4.95. The van der Waals surface area contributed by atoms with E-state index in [1.165, 1.54) is 36.9 Å². The molecule has 0 aliphatic rings. The number of hydrogen-bond donors (Lipinski definition) is 1. The van der Waals surface area contributed by atoms with Gasteiger partial charge >= 0.3 is 5.97 Å². The van der Waals surface area contributed by atoms with Crippen LogP contribution in [0.2, 0.25) is 0 Å². The number of anilines is 2. The molecule has 0 spiro atoms. The zero-order valence-electron chi connectivity index (χ0n) is 15.8. The van der Waals surface area contributed by atoms with Crippen LogP contribution in [-0.2, 0) is 11.8 Å². The predicted octanol–water partition coefficient (Wildman–Crippen LogP) is 4.88. The number of nitrogens with one attached hydrogen (secondary N) is 1. The van der Waals surface area contributed by atoms with Gasteiger partial charge in [0.1, 0.15) is 17.2 Å². The van der Waals surface area contributed by atoms with Crippen LogP contribution >= 0.6 is 15.9 Å². The second kappa shape index (κ2) is 8.45. The molecule has 0 aliphatic carbocycles. The van der Waals surface area contributed by atoms with E-state index in [4.69, 9.17) is 4.74 Å². The molecular weight excluding hydrogens is 439 g/mol. The number of aromatic nitrogens is 1. The van der Waals surface area contributed by atoms with E-state index in [0.29, 0.717) is 15.6 Å². The number of hydrogen-bond acceptors (Lipinski definition) is 4. The third-order valence-electron chi connectivity index (χ3n) is 4.46. The Morgan fingerprint density at radius 3 is 2.48 bits per heavy atom. The molecule has 0 saturated carbocycles. The molecule has 0 aliphatic heterocycles. The Kier molecular flexibility index (Phi) is 5.98. The van der Waals surface area contributed by atoms with Gasteiger partial charge in [-0.15, -0.1) is 0 Å². The molecule has 148 valence electrons. The first-order chi connectivity index (χ1) is 13.8. The summed E-state index contributed by atoms with van der Waals surface area (Å²) in [6, 6.07) is 14.9. The SMILES string of the molecule is C=C(c1ccccc1)c1cc(=O)n(C)c(Nc2ccc(Br)cc2F)c1C(=O)OC. The molecule has 0 bridgehead atoms. The number of halogens is 2. The normalized spacial score (nSPS) is 10.5. The fourth-order valence-corrected chi connectivity index (χ4v) is 3.24. The van der Waals surface area contributed by atoms with Crippen LogP contribution in [0.3, 0.4) is 0 Å². The molecule has 5 nitrogen and oxygen atoms in total. The van der Waals surface area contributed by atoms with Crippen molar-refractivity contribution in [2.45, 2.75) is 0 Å². The number of pyridine rings is 1. The lowest BCUT2D eigenvalue weighted by molar-refractivity contribution is 0.0600. The topological polar surface area (TPSA) is 60.3 Å². The summed E-state index contributed by atoms with van der Waals surface area (Å²) in [6.07, 6.45) is 0. The Morgan fingerprint density at radius 1 is 1.17 bits per heavy atom. The minimum absolute atomic E-state index is 0.0887. The smallest absolute Gasteiger partial charge is 0.342 e.